The molecule has 0 saturated carbocycles. The molecular weight excluding hydrogens is 465 g/mol. The van der Waals surface area contributed by atoms with E-state index in [4.69, 9.17) is 4.74 Å². The zero-order chi connectivity index (χ0) is 24.0. The van der Waals surface area contributed by atoms with E-state index < -0.39 is 11.7 Å². The average Bonchev–Trinajstić information content (AvgIpc) is 2.78. The molecule has 4 nitrogen and oxygen atoms in total. The Bertz CT molecular complexity index is 911. The van der Waals surface area contributed by atoms with Gasteiger partial charge in [0.25, 0.3) is 0 Å². The van der Waals surface area contributed by atoms with Crippen molar-refractivity contribution in [1.29, 1.82) is 0 Å². The largest absolute Gasteiger partial charge is 0.464 e. The van der Waals surface area contributed by atoms with E-state index in [0.717, 1.165) is 18.1 Å². The topological polar surface area (TPSA) is 32.8 Å². The number of ether oxygens (including phenoxy) is 1. The van der Waals surface area contributed by atoms with Crippen LogP contribution in [-0.4, -0.2) is 50.2 Å². The lowest BCUT2D eigenvalue weighted by Crippen LogP contribution is -2.47. The number of alkyl halides is 3. The molecule has 0 spiro atoms. The van der Waals surface area contributed by atoms with E-state index in [1.165, 1.54) is 17.7 Å². The second-order valence-electron chi connectivity index (χ2n) is 9.11. The van der Waals surface area contributed by atoms with Gasteiger partial charge in [0.15, 0.2) is 0 Å². The van der Waals surface area contributed by atoms with Gasteiger partial charge >= 0.3 is 12.1 Å². The summed E-state index contributed by atoms with van der Waals surface area (Å²) >= 11 is 0. The van der Waals surface area contributed by atoms with Crippen molar-refractivity contribution in [2.45, 2.75) is 39.3 Å². The first-order valence-corrected chi connectivity index (χ1v) is 11.5. The SMILES string of the molecule is CC(C)Cc1ccc(C(C)C(=O)OCCN2CCN(c3cccc(C(F)(F)F)c3)CC2)cc1.Cl. The summed E-state index contributed by atoms with van der Waals surface area (Å²) in [5, 5.41) is 0. The van der Waals surface area contributed by atoms with E-state index in [1.807, 2.05) is 24.0 Å². The molecule has 0 aromatic heterocycles. The number of rotatable bonds is 8. The lowest BCUT2D eigenvalue weighted by Gasteiger charge is -2.36. The van der Waals surface area contributed by atoms with E-state index in [9.17, 15) is 18.0 Å². The summed E-state index contributed by atoms with van der Waals surface area (Å²) in [5.41, 5.74) is 2.17. The quantitative estimate of drug-likeness (QED) is 0.431. The molecule has 3 rings (SSSR count). The van der Waals surface area contributed by atoms with Gasteiger partial charge in [0.1, 0.15) is 6.61 Å². The highest BCUT2D eigenvalue weighted by Crippen LogP contribution is 2.31. The summed E-state index contributed by atoms with van der Waals surface area (Å²) in [5.74, 6) is 0.0234. The van der Waals surface area contributed by atoms with Gasteiger partial charge < -0.3 is 9.64 Å². The number of benzene rings is 2. The van der Waals surface area contributed by atoms with Gasteiger partial charge in [-0.2, -0.15) is 13.2 Å². The van der Waals surface area contributed by atoms with Crippen LogP contribution in [-0.2, 0) is 22.1 Å². The average molecular weight is 499 g/mol. The zero-order valence-corrected chi connectivity index (χ0v) is 20.8. The molecule has 8 heteroatoms. The predicted molar refractivity (Wildman–Crippen MR) is 132 cm³/mol. The maximum absolute atomic E-state index is 13.0. The molecular formula is C26H34ClF3N2O2. The normalized spacial score (nSPS) is 15.7. The highest BCUT2D eigenvalue weighted by molar-refractivity contribution is 5.85. The van der Waals surface area contributed by atoms with Crippen LogP contribution in [0.2, 0.25) is 0 Å². The Morgan fingerprint density at radius 1 is 1.00 bits per heavy atom. The van der Waals surface area contributed by atoms with Crippen LogP contribution in [0.1, 0.15) is 43.4 Å². The minimum Gasteiger partial charge on any atom is -0.464 e. The van der Waals surface area contributed by atoms with Crippen molar-refractivity contribution in [3.05, 3.63) is 65.2 Å². The molecule has 1 fully saturated rings. The Morgan fingerprint density at radius 2 is 1.65 bits per heavy atom. The van der Waals surface area contributed by atoms with Crippen molar-refractivity contribution < 1.29 is 22.7 Å². The third-order valence-corrected chi connectivity index (χ3v) is 6.04. The highest BCUT2D eigenvalue weighted by Gasteiger charge is 2.31. The molecule has 1 saturated heterocycles. The number of nitrogens with zero attached hydrogens (tertiary/aromatic N) is 2. The smallest absolute Gasteiger partial charge is 0.416 e. The minimum absolute atomic E-state index is 0. The maximum atomic E-state index is 13.0. The summed E-state index contributed by atoms with van der Waals surface area (Å²) < 4.78 is 44.4. The van der Waals surface area contributed by atoms with Gasteiger partial charge in [-0.25, -0.2) is 0 Å². The number of hydrogen-bond donors (Lipinski definition) is 0. The molecule has 1 aliphatic heterocycles. The van der Waals surface area contributed by atoms with Crippen LogP contribution in [0, 0.1) is 5.92 Å². The third-order valence-electron chi connectivity index (χ3n) is 6.04. The number of anilines is 1. The first kappa shape index (κ1) is 28.0. The molecule has 2 aromatic rings. The Balaban J connectivity index is 0.00000408. The van der Waals surface area contributed by atoms with Gasteiger partial charge in [0, 0.05) is 38.4 Å². The van der Waals surface area contributed by atoms with Crippen molar-refractivity contribution >= 4 is 24.1 Å². The van der Waals surface area contributed by atoms with E-state index in [1.54, 1.807) is 6.07 Å². The second-order valence-corrected chi connectivity index (χ2v) is 9.11. The van der Waals surface area contributed by atoms with Crippen LogP contribution in [0.4, 0.5) is 18.9 Å². The van der Waals surface area contributed by atoms with Crippen LogP contribution in [0.3, 0.4) is 0 Å². The summed E-state index contributed by atoms with van der Waals surface area (Å²) in [6, 6.07) is 13.6. The molecule has 1 unspecified atom stereocenters. The van der Waals surface area contributed by atoms with Crippen LogP contribution < -0.4 is 4.90 Å². The monoisotopic (exact) mass is 498 g/mol. The van der Waals surface area contributed by atoms with Crippen molar-refractivity contribution in [2.24, 2.45) is 5.92 Å². The standard InChI is InChI=1S/C26H33F3N2O2.ClH/c1-19(2)17-21-7-9-22(10-8-21)20(3)25(32)33-16-15-30-11-13-31(14-12-30)24-6-4-5-23(18-24)26(27,28)29;/h4-10,18-20H,11-17H2,1-3H3;1H. The predicted octanol–water partition coefficient (Wildman–Crippen LogP) is 5.79. The molecule has 0 bridgehead atoms. The van der Waals surface area contributed by atoms with Gasteiger partial charge in [-0.05, 0) is 48.6 Å². The van der Waals surface area contributed by atoms with Gasteiger partial charge in [-0.15, -0.1) is 12.4 Å². The molecule has 1 heterocycles. The second kappa shape index (κ2) is 12.5. The van der Waals surface area contributed by atoms with Crippen LogP contribution in [0.15, 0.2) is 48.5 Å². The van der Waals surface area contributed by atoms with Crippen molar-refractivity contribution in [1.82, 2.24) is 4.90 Å². The fraction of sp³-hybridized carbons (Fsp3) is 0.500. The summed E-state index contributed by atoms with van der Waals surface area (Å²) in [7, 11) is 0. The molecule has 1 aliphatic rings. The summed E-state index contributed by atoms with van der Waals surface area (Å²) in [6.07, 6.45) is -3.32. The Morgan fingerprint density at radius 3 is 2.24 bits per heavy atom. The Kier molecular flexibility index (Phi) is 10.3. The van der Waals surface area contributed by atoms with Gasteiger partial charge in [0.05, 0.1) is 11.5 Å². The van der Waals surface area contributed by atoms with Crippen LogP contribution in [0.5, 0.6) is 0 Å². The van der Waals surface area contributed by atoms with E-state index >= 15 is 0 Å². The molecule has 34 heavy (non-hydrogen) atoms. The zero-order valence-electron chi connectivity index (χ0n) is 20.0. The van der Waals surface area contributed by atoms with E-state index in [0.29, 0.717) is 50.9 Å². The van der Waals surface area contributed by atoms with Crippen molar-refractivity contribution in [2.75, 3.05) is 44.2 Å². The van der Waals surface area contributed by atoms with Gasteiger partial charge in [-0.3, -0.25) is 9.69 Å². The molecule has 2 aromatic carbocycles. The fourth-order valence-corrected chi connectivity index (χ4v) is 4.06. The first-order chi connectivity index (χ1) is 15.6. The number of hydrogen-bond acceptors (Lipinski definition) is 4. The highest BCUT2D eigenvalue weighted by atomic mass is 35.5. The third kappa shape index (κ3) is 7.91. The minimum atomic E-state index is -4.34. The van der Waals surface area contributed by atoms with Crippen molar-refractivity contribution in [3.8, 4) is 0 Å². The Hall–Kier alpha value is -2.25. The maximum Gasteiger partial charge on any atom is 0.416 e. The molecule has 1 atom stereocenters. The number of esters is 1. The molecule has 0 radical (unpaired) electrons. The van der Waals surface area contributed by atoms with Crippen LogP contribution in [0.25, 0.3) is 0 Å². The molecule has 0 aliphatic carbocycles. The number of halogens is 4. The summed E-state index contributed by atoms with van der Waals surface area (Å²) in [4.78, 5) is 16.6. The Labute approximate surface area is 206 Å². The first-order valence-electron chi connectivity index (χ1n) is 11.5. The van der Waals surface area contributed by atoms with Crippen LogP contribution >= 0.6 is 12.4 Å². The van der Waals surface area contributed by atoms with Crippen molar-refractivity contribution in [3.63, 3.8) is 0 Å². The molecule has 188 valence electrons. The number of piperazine rings is 1. The molecule has 0 amide bonds. The molecule has 0 N–H and O–H groups in total. The van der Waals surface area contributed by atoms with Gasteiger partial charge in [-0.1, -0.05) is 44.2 Å². The lowest BCUT2D eigenvalue weighted by atomic mass is 9.97. The van der Waals surface area contributed by atoms with Gasteiger partial charge in [0.2, 0.25) is 0 Å². The van der Waals surface area contributed by atoms with E-state index in [-0.39, 0.29) is 24.3 Å². The fourth-order valence-electron chi connectivity index (χ4n) is 4.06. The number of carbonyl (C=O) groups is 1. The van der Waals surface area contributed by atoms with E-state index in [2.05, 4.69) is 30.9 Å². The number of carbonyl (C=O) groups excluding carboxylic acids is 1. The summed E-state index contributed by atoms with van der Waals surface area (Å²) in [6.45, 7) is 9.82. The lowest BCUT2D eigenvalue weighted by molar-refractivity contribution is -0.145.